The highest BCUT2D eigenvalue weighted by Crippen LogP contribution is 2.32. The Balaban J connectivity index is 1.64. The van der Waals surface area contributed by atoms with Crippen molar-refractivity contribution in [2.24, 2.45) is 5.73 Å². The lowest BCUT2D eigenvalue weighted by atomic mass is 9.98. The largest absolute Gasteiger partial charge is 0.497 e. The maximum Gasteiger partial charge on any atom is 0.275 e. The van der Waals surface area contributed by atoms with E-state index in [0.29, 0.717) is 35.1 Å². The van der Waals surface area contributed by atoms with Gasteiger partial charge in [0.2, 0.25) is 5.91 Å². The van der Waals surface area contributed by atoms with E-state index in [1.807, 2.05) is 12.1 Å². The molecule has 3 amide bonds. The van der Waals surface area contributed by atoms with Crippen LogP contribution in [0, 0.1) is 5.41 Å². The van der Waals surface area contributed by atoms with Crippen LogP contribution < -0.4 is 25.6 Å². The number of rotatable bonds is 7. The van der Waals surface area contributed by atoms with Crippen molar-refractivity contribution in [3.8, 4) is 5.75 Å². The van der Waals surface area contributed by atoms with Crippen LogP contribution in [0.2, 0.25) is 5.02 Å². The third kappa shape index (κ3) is 5.00. The molecule has 2 heterocycles. The third-order valence-corrected chi connectivity index (χ3v) is 6.44. The Hall–Kier alpha value is -3.85. The monoisotopic (exact) mass is 495 g/mol. The van der Waals surface area contributed by atoms with Crippen molar-refractivity contribution < 1.29 is 19.1 Å². The van der Waals surface area contributed by atoms with Gasteiger partial charge in [-0.2, -0.15) is 0 Å². The summed E-state index contributed by atoms with van der Waals surface area (Å²) < 4.78 is 5.17. The van der Waals surface area contributed by atoms with Gasteiger partial charge in [0.25, 0.3) is 11.8 Å². The van der Waals surface area contributed by atoms with E-state index in [-0.39, 0.29) is 30.1 Å². The zero-order valence-corrected chi connectivity index (χ0v) is 20.0. The number of ether oxygens (including phenoxy) is 1. The normalized spacial score (nSPS) is 16.4. The van der Waals surface area contributed by atoms with Gasteiger partial charge >= 0.3 is 0 Å². The summed E-state index contributed by atoms with van der Waals surface area (Å²) >= 11 is 6.35. The topological polar surface area (TPSA) is 129 Å². The van der Waals surface area contributed by atoms with Gasteiger partial charge in [-0.1, -0.05) is 11.6 Å². The van der Waals surface area contributed by atoms with Crippen molar-refractivity contribution in [3.63, 3.8) is 0 Å². The molecule has 2 aliphatic rings. The molecule has 1 fully saturated rings. The van der Waals surface area contributed by atoms with E-state index >= 15 is 0 Å². The number of methoxy groups -OCH3 is 1. The van der Waals surface area contributed by atoms with Crippen molar-refractivity contribution in [2.45, 2.75) is 25.7 Å². The second kappa shape index (κ2) is 10.2. The summed E-state index contributed by atoms with van der Waals surface area (Å²) in [5.74, 6) is -0.704. The molecule has 2 aliphatic heterocycles. The summed E-state index contributed by atoms with van der Waals surface area (Å²) in [7, 11) is 1.52. The number of carbonyl (C=O) groups excluding carboxylic acids is 3. The van der Waals surface area contributed by atoms with E-state index in [0.717, 1.165) is 18.5 Å². The summed E-state index contributed by atoms with van der Waals surface area (Å²) in [5, 5.41) is 11.5. The first-order chi connectivity index (χ1) is 16.8. The van der Waals surface area contributed by atoms with E-state index < -0.39 is 17.5 Å². The van der Waals surface area contributed by atoms with Gasteiger partial charge in [-0.15, -0.1) is 0 Å². The number of hydrogen-bond donors (Lipinski definition) is 3. The lowest BCUT2D eigenvalue weighted by Crippen LogP contribution is -2.42. The van der Waals surface area contributed by atoms with Gasteiger partial charge in [-0.25, -0.2) is 0 Å². The first-order valence-electron chi connectivity index (χ1n) is 11.2. The summed E-state index contributed by atoms with van der Waals surface area (Å²) in [6.45, 7) is 0.937. The molecule has 2 aromatic carbocycles. The molecule has 35 heavy (non-hydrogen) atoms. The fourth-order valence-corrected chi connectivity index (χ4v) is 4.46. The van der Waals surface area contributed by atoms with Crippen LogP contribution in [0.5, 0.6) is 5.75 Å². The van der Waals surface area contributed by atoms with Gasteiger partial charge in [0.1, 0.15) is 17.2 Å². The third-order valence-electron chi connectivity index (χ3n) is 6.13. The minimum absolute atomic E-state index is 0.0578. The Morgan fingerprint density at radius 2 is 1.71 bits per heavy atom. The van der Waals surface area contributed by atoms with Crippen LogP contribution >= 0.6 is 11.6 Å². The minimum Gasteiger partial charge on any atom is -0.497 e. The molecule has 10 heteroatoms. The number of carbonyl (C=O) groups is 3. The van der Waals surface area contributed by atoms with Gasteiger partial charge in [0, 0.05) is 42.5 Å². The molecular formula is C25H26ClN5O4. The fourth-order valence-electron chi connectivity index (χ4n) is 4.24. The van der Waals surface area contributed by atoms with Gasteiger partial charge in [-0.3, -0.25) is 19.8 Å². The van der Waals surface area contributed by atoms with Crippen molar-refractivity contribution in [1.29, 1.82) is 5.41 Å². The Morgan fingerprint density at radius 1 is 1.03 bits per heavy atom. The molecule has 4 rings (SSSR count). The number of primary amides is 1. The van der Waals surface area contributed by atoms with E-state index in [1.165, 1.54) is 7.11 Å². The highest BCUT2D eigenvalue weighted by molar-refractivity contribution is 6.45. The molecule has 0 aromatic heterocycles. The van der Waals surface area contributed by atoms with Gasteiger partial charge in [0.15, 0.2) is 0 Å². The molecule has 4 N–H and O–H groups in total. The predicted octanol–water partition coefficient (Wildman–Crippen LogP) is 3.47. The lowest BCUT2D eigenvalue weighted by molar-refractivity contribution is -0.119. The second-order valence-electron chi connectivity index (χ2n) is 8.29. The van der Waals surface area contributed by atoms with Crippen LogP contribution in [-0.2, 0) is 14.4 Å². The molecule has 0 radical (unpaired) electrons. The van der Waals surface area contributed by atoms with Gasteiger partial charge in [-0.05, 0) is 55.7 Å². The second-order valence-corrected chi connectivity index (χ2v) is 8.70. The molecule has 0 spiro atoms. The van der Waals surface area contributed by atoms with Crippen molar-refractivity contribution in [3.05, 3.63) is 58.8 Å². The van der Waals surface area contributed by atoms with Crippen molar-refractivity contribution in [2.75, 3.05) is 35.3 Å². The average Bonchev–Trinajstić information content (AvgIpc) is 2.86. The fraction of sp³-hybridized carbons (Fsp3) is 0.280. The molecule has 0 aliphatic carbocycles. The number of nitrogens with one attached hydrogen (secondary N) is 2. The maximum absolute atomic E-state index is 13.6. The summed E-state index contributed by atoms with van der Waals surface area (Å²) in [5.41, 5.74) is 7.05. The number of benzene rings is 2. The van der Waals surface area contributed by atoms with Crippen LogP contribution in [0.3, 0.4) is 0 Å². The summed E-state index contributed by atoms with van der Waals surface area (Å²) in [6.07, 6.45) is 2.64. The van der Waals surface area contributed by atoms with E-state index in [4.69, 9.17) is 27.5 Å². The lowest BCUT2D eigenvalue weighted by Gasteiger charge is -2.32. The zero-order valence-electron chi connectivity index (χ0n) is 19.3. The molecular weight excluding hydrogens is 470 g/mol. The van der Waals surface area contributed by atoms with Crippen molar-refractivity contribution >= 4 is 52.1 Å². The molecule has 182 valence electrons. The molecule has 9 nitrogen and oxygen atoms in total. The van der Waals surface area contributed by atoms with E-state index in [1.54, 1.807) is 40.1 Å². The maximum atomic E-state index is 13.6. The van der Waals surface area contributed by atoms with Gasteiger partial charge in [0.05, 0.1) is 17.8 Å². The average molecular weight is 496 g/mol. The summed E-state index contributed by atoms with van der Waals surface area (Å²) in [4.78, 5) is 40.9. The first-order valence-corrected chi connectivity index (χ1v) is 11.6. The number of hydrogen-bond acceptors (Lipinski definition) is 6. The Bertz CT molecular complexity index is 1220. The predicted molar refractivity (Wildman–Crippen MR) is 135 cm³/mol. The number of anilines is 3. The van der Waals surface area contributed by atoms with Gasteiger partial charge < -0.3 is 25.6 Å². The quantitative estimate of drug-likeness (QED) is 0.506. The number of nitrogens with zero attached hydrogens (tertiary/aromatic N) is 2. The Labute approximate surface area is 208 Å². The zero-order chi connectivity index (χ0) is 25.1. The van der Waals surface area contributed by atoms with Crippen LogP contribution in [0.1, 0.15) is 25.7 Å². The Kier molecular flexibility index (Phi) is 7.07. The van der Waals surface area contributed by atoms with E-state index in [2.05, 4.69) is 5.32 Å². The molecule has 0 saturated carbocycles. The van der Waals surface area contributed by atoms with Crippen LogP contribution in [0.25, 0.3) is 0 Å². The molecule has 1 saturated heterocycles. The number of amides is 3. The highest BCUT2D eigenvalue weighted by atomic mass is 35.5. The summed E-state index contributed by atoms with van der Waals surface area (Å²) in [6, 6.07) is 12.1. The van der Waals surface area contributed by atoms with Crippen LogP contribution in [0.4, 0.5) is 17.1 Å². The number of piperidine rings is 1. The van der Waals surface area contributed by atoms with Crippen LogP contribution in [0.15, 0.2) is 53.7 Å². The smallest absolute Gasteiger partial charge is 0.275 e. The van der Waals surface area contributed by atoms with Crippen LogP contribution in [-0.4, -0.2) is 43.6 Å². The molecule has 0 bridgehead atoms. The Morgan fingerprint density at radius 3 is 2.31 bits per heavy atom. The van der Waals surface area contributed by atoms with E-state index in [9.17, 15) is 14.4 Å². The molecule has 2 aromatic rings. The first kappa shape index (κ1) is 24.3. The minimum atomic E-state index is -0.920. The number of nitrogens with two attached hydrogens (primary N) is 1. The highest BCUT2D eigenvalue weighted by Gasteiger charge is 2.32. The van der Waals surface area contributed by atoms with Crippen molar-refractivity contribution in [1.82, 2.24) is 0 Å². The number of halogens is 1. The molecule has 0 atom stereocenters. The SMILES string of the molecule is COc1ccc(NC2=C(C(=N)C(N)=O)CCN(c3ccc(N4CCCCC4=O)cc3)C2=O)c(Cl)c1. The molecule has 0 unspecified atom stereocenters. The standard InChI is InChI=1S/C25H26ClN5O4/c1-35-17-9-10-20(19(26)14-17)29-23-18(22(27)24(28)33)11-13-31(25(23)34)16-7-5-15(6-8-16)30-12-3-2-4-21(30)32/h5-10,14,27,29H,2-4,11-13H2,1H3,(H2,28,33).